The van der Waals surface area contributed by atoms with Gasteiger partial charge >= 0.3 is 0 Å². The molecule has 0 aromatic heterocycles. The summed E-state index contributed by atoms with van der Waals surface area (Å²) in [6, 6.07) is 4.51. The molecule has 1 aromatic carbocycles. The van der Waals surface area contributed by atoms with Gasteiger partial charge < -0.3 is 5.11 Å². The fourth-order valence-corrected chi connectivity index (χ4v) is 1.16. The molecule has 0 atom stereocenters. The highest BCUT2D eigenvalue weighted by Crippen LogP contribution is 2.18. The third-order valence-electron chi connectivity index (χ3n) is 2.22. The lowest BCUT2D eigenvalue weighted by Crippen LogP contribution is -2.19. The summed E-state index contributed by atoms with van der Waals surface area (Å²) in [5, 5.41) is 9.41. The number of ketones is 2. The van der Waals surface area contributed by atoms with E-state index in [1.807, 2.05) is 0 Å². The molecule has 3 heteroatoms. The van der Waals surface area contributed by atoms with E-state index < -0.39 is 11.6 Å². The molecule has 1 N–H and O–H groups in total. The Bertz CT molecular complexity index is 405. The van der Waals surface area contributed by atoms with Gasteiger partial charge in [-0.15, -0.1) is 0 Å². The topological polar surface area (TPSA) is 54.4 Å². The molecule has 1 aromatic rings. The Balaban J connectivity index is 3.02. The molecule has 0 heterocycles. The van der Waals surface area contributed by atoms with Crippen molar-refractivity contribution < 1.29 is 14.7 Å². The Hall–Kier alpha value is -1.64. The van der Waals surface area contributed by atoms with Crippen LogP contribution >= 0.6 is 0 Å². The molecule has 0 aliphatic rings. The largest absolute Gasteiger partial charge is 0.508 e. The van der Waals surface area contributed by atoms with Gasteiger partial charge in [0.1, 0.15) is 5.75 Å². The van der Waals surface area contributed by atoms with Gasteiger partial charge in [-0.3, -0.25) is 9.59 Å². The summed E-state index contributed by atoms with van der Waals surface area (Å²) >= 11 is 0. The fraction of sp³-hybridized carbons (Fsp3) is 0.333. The first-order valence-corrected chi connectivity index (χ1v) is 4.81. The number of hydrogen-bond donors (Lipinski definition) is 1. The van der Waals surface area contributed by atoms with Crippen molar-refractivity contribution in [1.29, 1.82) is 0 Å². The molecule has 80 valence electrons. The minimum atomic E-state index is -0.541. The summed E-state index contributed by atoms with van der Waals surface area (Å²) in [7, 11) is 0. The van der Waals surface area contributed by atoms with E-state index in [-0.39, 0.29) is 17.2 Å². The molecule has 0 bridgehead atoms. The number of aryl methyl sites for hydroxylation is 1. The van der Waals surface area contributed by atoms with Crippen molar-refractivity contribution in [3.8, 4) is 5.75 Å². The van der Waals surface area contributed by atoms with Crippen LogP contribution in [0.1, 0.15) is 29.8 Å². The zero-order chi connectivity index (χ0) is 11.6. The minimum Gasteiger partial charge on any atom is -0.508 e. The van der Waals surface area contributed by atoms with Gasteiger partial charge in [-0.1, -0.05) is 26.0 Å². The molecule has 0 aliphatic heterocycles. The summed E-state index contributed by atoms with van der Waals surface area (Å²) in [6.45, 7) is 5.08. The Morgan fingerprint density at radius 3 is 2.33 bits per heavy atom. The molecule has 3 nitrogen and oxygen atoms in total. The highest BCUT2D eigenvalue weighted by atomic mass is 16.3. The summed E-state index contributed by atoms with van der Waals surface area (Å²) in [6.07, 6.45) is 0. The standard InChI is InChI=1S/C12H14O3/c1-7(2)11(14)12(15)9-5-4-8(3)10(13)6-9/h4-7,13H,1-3H3. The van der Waals surface area contributed by atoms with Crippen LogP contribution < -0.4 is 0 Å². The molecule has 0 saturated carbocycles. The lowest BCUT2D eigenvalue weighted by Gasteiger charge is -2.04. The summed E-state index contributed by atoms with van der Waals surface area (Å²) in [5.74, 6) is -1.25. The second kappa shape index (κ2) is 4.26. The van der Waals surface area contributed by atoms with E-state index >= 15 is 0 Å². The fourth-order valence-electron chi connectivity index (χ4n) is 1.16. The van der Waals surface area contributed by atoms with E-state index in [9.17, 15) is 14.7 Å². The Morgan fingerprint density at radius 2 is 1.87 bits per heavy atom. The van der Waals surface area contributed by atoms with Crippen LogP contribution in [0.15, 0.2) is 18.2 Å². The van der Waals surface area contributed by atoms with Crippen molar-refractivity contribution in [1.82, 2.24) is 0 Å². The van der Waals surface area contributed by atoms with Crippen LogP contribution in [0.25, 0.3) is 0 Å². The second-order valence-electron chi connectivity index (χ2n) is 3.85. The molecule has 0 radical (unpaired) electrons. The van der Waals surface area contributed by atoms with Crippen molar-refractivity contribution >= 4 is 11.6 Å². The molecular formula is C12H14O3. The number of Topliss-reactive ketones (excluding diaryl/α,β-unsaturated/α-hetero) is 2. The monoisotopic (exact) mass is 206 g/mol. The zero-order valence-electron chi connectivity index (χ0n) is 9.07. The lowest BCUT2D eigenvalue weighted by molar-refractivity contribution is -0.117. The van der Waals surface area contributed by atoms with Crippen LogP contribution in [0, 0.1) is 12.8 Å². The number of phenols is 1. The number of phenolic OH excluding ortho intramolecular Hbond substituents is 1. The maximum atomic E-state index is 11.6. The number of carbonyl (C=O) groups is 2. The SMILES string of the molecule is Cc1ccc(C(=O)C(=O)C(C)C)cc1O. The van der Waals surface area contributed by atoms with Crippen molar-refractivity contribution in [3.63, 3.8) is 0 Å². The smallest absolute Gasteiger partial charge is 0.228 e. The third kappa shape index (κ3) is 2.43. The van der Waals surface area contributed by atoms with Crippen LogP contribution in [-0.4, -0.2) is 16.7 Å². The zero-order valence-corrected chi connectivity index (χ0v) is 9.07. The molecule has 0 aliphatic carbocycles. The third-order valence-corrected chi connectivity index (χ3v) is 2.22. The molecule has 15 heavy (non-hydrogen) atoms. The number of aromatic hydroxyl groups is 1. The van der Waals surface area contributed by atoms with Gasteiger partial charge in [0.15, 0.2) is 0 Å². The summed E-state index contributed by atoms with van der Waals surface area (Å²) < 4.78 is 0. The van der Waals surface area contributed by atoms with E-state index in [0.717, 1.165) is 0 Å². The van der Waals surface area contributed by atoms with E-state index in [1.54, 1.807) is 32.9 Å². The quantitative estimate of drug-likeness (QED) is 0.608. The lowest BCUT2D eigenvalue weighted by atomic mass is 9.98. The highest BCUT2D eigenvalue weighted by molar-refractivity contribution is 6.44. The van der Waals surface area contributed by atoms with Crippen molar-refractivity contribution in [2.75, 3.05) is 0 Å². The van der Waals surface area contributed by atoms with E-state index in [0.29, 0.717) is 5.56 Å². The molecule has 0 unspecified atom stereocenters. The van der Waals surface area contributed by atoms with Crippen molar-refractivity contribution in [2.45, 2.75) is 20.8 Å². The average molecular weight is 206 g/mol. The Labute approximate surface area is 88.7 Å². The van der Waals surface area contributed by atoms with Gasteiger partial charge in [0.05, 0.1) is 0 Å². The van der Waals surface area contributed by atoms with E-state index in [2.05, 4.69) is 0 Å². The van der Waals surface area contributed by atoms with Crippen molar-refractivity contribution in [2.24, 2.45) is 5.92 Å². The van der Waals surface area contributed by atoms with Gasteiger partial charge in [0.25, 0.3) is 0 Å². The van der Waals surface area contributed by atoms with Crippen LogP contribution in [0.4, 0.5) is 0 Å². The Kier molecular flexibility index (Phi) is 3.24. The predicted octanol–water partition coefficient (Wildman–Crippen LogP) is 2.11. The first kappa shape index (κ1) is 11.4. The number of benzene rings is 1. The van der Waals surface area contributed by atoms with Crippen LogP contribution in [0.3, 0.4) is 0 Å². The Morgan fingerprint density at radius 1 is 1.27 bits per heavy atom. The molecule has 0 spiro atoms. The normalized spacial score (nSPS) is 10.4. The van der Waals surface area contributed by atoms with Gasteiger partial charge in [-0.2, -0.15) is 0 Å². The molecular weight excluding hydrogens is 192 g/mol. The summed E-state index contributed by atoms with van der Waals surface area (Å²) in [5.41, 5.74) is 0.931. The molecule has 0 amide bonds. The second-order valence-corrected chi connectivity index (χ2v) is 3.85. The molecule has 0 fully saturated rings. The van der Waals surface area contributed by atoms with Crippen LogP contribution in [0.2, 0.25) is 0 Å². The van der Waals surface area contributed by atoms with Gasteiger partial charge in [0, 0.05) is 11.5 Å². The highest BCUT2D eigenvalue weighted by Gasteiger charge is 2.19. The molecule has 1 rings (SSSR count). The number of hydrogen-bond acceptors (Lipinski definition) is 3. The molecule has 0 saturated heterocycles. The first-order valence-electron chi connectivity index (χ1n) is 4.81. The van der Waals surface area contributed by atoms with Gasteiger partial charge in [0.2, 0.25) is 11.6 Å². The minimum absolute atomic E-state index is 0.0393. The van der Waals surface area contributed by atoms with Crippen LogP contribution in [0.5, 0.6) is 5.75 Å². The summed E-state index contributed by atoms with van der Waals surface area (Å²) in [4.78, 5) is 23.0. The van der Waals surface area contributed by atoms with E-state index in [1.165, 1.54) is 6.07 Å². The maximum Gasteiger partial charge on any atom is 0.228 e. The van der Waals surface area contributed by atoms with Gasteiger partial charge in [-0.25, -0.2) is 0 Å². The predicted molar refractivity (Wildman–Crippen MR) is 57.0 cm³/mol. The van der Waals surface area contributed by atoms with Gasteiger partial charge in [-0.05, 0) is 18.6 Å². The average Bonchev–Trinajstić information content (AvgIpc) is 2.19. The first-order chi connectivity index (χ1) is 6.93. The van der Waals surface area contributed by atoms with E-state index in [4.69, 9.17) is 0 Å². The van der Waals surface area contributed by atoms with Crippen LogP contribution in [-0.2, 0) is 4.79 Å². The maximum absolute atomic E-state index is 11.6. The van der Waals surface area contributed by atoms with Crippen molar-refractivity contribution in [3.05, 3.63) is 29.3 Å². The number of rotatable bonds is 3. The number of carbonyl (C=O) groups excluding carboxylic acids is 2.